The van der Waals surface area contributed by atoms with E-state index in [1.807, 2.05) is 6.92 Å². The van der Waals surface area contributed by atoms with Gasteiger partial charge >= 0.3 is 0 Å². The van der Waals surface area contributed by atoms with Crippen molar-refractivity contribution in [3.8, 4) is 0 Å². The Hall–Kier alpha value is -1.14. The zero-order valence-corrected chi connectivity index (χ0v) is 8.88. The number of oxime groups is 1. The molecule has 0 saturated heterocycles. The van der Waals surface area contributed by atoms with Crippen molar-refractivity contribution in [3.05, 3.63) is 16.1 Å². The Kier molecular flexibility index (Phi) is 4.34. The largest absolute Gasteiger partial charge is 0.394 e. The van der Waals surface area contributed by atoms with Gasteiger partial charge in [0.15, 0.2) is 10.8 Å². The van der Waals surface area contributed by atoms with Gasteiger partial charge in [-0.25, -0.2) is 4.98 Å². The highest BCUT2D eigenvalue weighted by atomic mass is 32.1. The number of nitrogens with two attached hydrogens (primary N) is 2. The monoisotopic (exact) mass is 214 g/mol. The summed E-state index contributed by atoms with van der Waals surface area (Å²) in [5.74, 6) is 0.308. The van der Waals surface area contributed by atoms with E-state index >= 15 is 0 Å². The van der Waals surface area contributed by atoms with E-state index in [9.17, 15) is 0 Å². The molecular weight excluding hydrogens is 200 g/mol. The number of rotatable bonds is 5. The normalized spacial score (nSPS) is 11.7. The molecule has 0 spiro atoms. The second kappa shape index (κ2) is 5.56. The quantitative estimate of drug-likeness (QED) is 0.326. The molecule has 78 valence electrons. The molecule has 1 aromatic rings. The van der Waals surface area contributed by atoms with Gasteiger partial charge in [-0.3, -0.25) is 0 Å². The van der Waals surface area contributed by atoms with Crippen LogP contribution in [0, 0.1) is 0 Å². The van der Waals surface area contributed by atoms with Crippen molar-refractivity contribution in [2.75, 3.05) is 6.61 Å². The van der Waals surface area contributed by atoms with Gasteiger partial charge in [-0.2, -0.15) is 0 Å². The molecular formula is C8H14N4OS. The molecule has 5 nitrogen and oxygen atoms in total. The van der Waals surface area contributed by atoms with Crippen molar-refractivity contribution in [3.63, 3.8) is 0 Å². The molecule has 0 unspecified atom stereocenters. The van der Waals surface area contributed by atoms with Gasteiger partial charge in [-0.05, 0) is 6.42 Å². The summed E-state index contributed by atoms with van der Waals surface area (Å²) in [6.45, 7) is 3.04. The third-order valence-electron chi connectivity index (χ3n) is 1.43. The topological polar surface area (TPSA) is 86.5 Å². The minimum absolute atomic E-state index is 0.308. The van der Waals surface area contributed by atoms with Crippen LogP contribution in [-0.4, -0.2) is 17.4 Å². The lowest BCUT2D eigenvalue weighted by Crippen LogP contribution is -2.13. The molecule has 0 aromatic carbocycles. The lowest BCUT2D eigenvalue weighted by atomic mass is 10.5. The first-order valence-electron chi connectivity index (χ1n) is 4.38. The van der Waals surface area contributed by atoms with E-state index in [-0.39, 0.29) is 0 Å². The van der Waals surface area contributed by atoms with Gasteiger partial charge in [0.25, 0.3) is 0 Å². The zero-order valence-electron chi connectivity index (χ0n) is 8.06. The van der Waals surface area contributed by atoms with E-state index < -0.39 is 0 Å². The Balaban J connectivity index is 2.59. The molecule has 0 fully saturated rings. The summed E-state index contributed by atoms with van der Waals surface area (Å²) in [5, 5.41) is 4.39. The summed E-state index contributed by atoms with van der Waals surface area (Å²) in [7, 11) is 0. The number of thiazole rings is 1. The summed E-state index contributed by atoms with van der Waals surface area (Å²) in [4.78, 5) is 9.99. The highest BCUT2D eigenvalue weighted by molar-refractivity contribution is 7.13. The number of hydrogen-bond donors (Lipinski definition) is 2. The average Bonchev–Trinajstić information content (AvgIpc) is 2.66. The van der Waals surface area contributed by atoms with Crippen molar-refractivity contribution in [1.82, 2.24) is 4.98 Å². The minimum Gasteiger partial charge on any atom is -0.394 e. The molecule has 1 aromatic heterocycles. The van der Waals surface area contributed by atoms with Crippen LogP contribution in [0.5, 0.6) is 0 Å². The highest BCUT2D eigenvalue weighted by Gasteiger charge is 2.04. The van der Waals surface area contributed by atoms with Gasteiger partial charge in [0.05, 0.1) is 0 Å². The molecule has 1 rings (SSSR count). The summed E-state index contributed by atoms with van der Waals surface area (Å²) in [6, 6.07) is 0. The molecule has 14 heavy (non-hydrogen) atoms. The smallest absolute Gasteiger partial charge is 0.199 e. The number of nitrogens with zero attached hydrogens (tertiary/aromatic N) is 2. The fraction of sp³-hybridized carbons (Fsp3) is 0.500. The van der Waals surface area contributed by atoms with Crippen LogP contribution in [0.25, 0.3) is 0 Å². The first-order valence-corrected chi connectivity index (χ1v) is 5.20. The summed E-state index contributed by atoms with van der Waals surface area (Å²) < 4.78 is 0. The highest BCUT2D eigenvalue weighted by Crippen LogP contribution is 2.11. The van der Waals surface area contributed by atoms with Crippen molar-refractivity contribution >= 4 is 17.2 Å². The maximum Gasteiger partial charge on any atom is 0.199 e. The van der Waals surface area contributed by atoms with Gasteiger partial charge in [-0.1, -0.05) is 12.1 Å². The molecule has 0 aliphatic rings. The minimum atomic E-state index is 0.308. The van der Waals surface area contributed by atoms with E-state index in [0.717, 1.165) is 11.3 Å². The van der Waals surface area contributed by atoms with Crippen LogP contribution in [0.3, 0.4) is 0 Å². The molecule has 0 saturated carbocycles. The Morgan fingerprint density at radius 3 is 3.07 bits per heavy atom. The molecule has 4 N–H and O–H groups in total. The van der Waals surface area contributed by atoms with Gasteiger partial charge in [0.2, 0.25) is 0 Å². The van der Waals surface area contributed by atoms with Crippen molar-refractivity contribution in [2.24, 2.45) is 16.6 Å². The first kappa shape index (κ1) is 10.9. The summed E-state index contributed by atoms with van der Waals surface area (Å²) in [5.41, 5.74) is 11.1. The predicted octanol–water partition coefficient (Wildman–Crippen LogP) is 0.649. The molecule has 6 heteroatoms. The van der Waals surface area contributed by atoms with Crippen molar-refractivity contribution in [1.29, 1.82) is 0 Å². The molecule has 0 atom stereocenters. The fourth-order valence-corrected chi connectivity index (χ4v) is 1.45. The Bertz CT molecular complexity index is 310. The van der Waals surface area contributed by atoms with E-state index in [1.165, 1.54) is 11.3 Å². The van der Waals surface area contributed by atoms with E-state index in [0.29, 0.717) is 24.0 Å². The standard InChI is InChI=1S/C8H14N4OS/c1-2-3-13-12-7(10)8-11-5-6(4-9)14-8/h5H,2-4,9H2,1H3,(H2,10,12). The summed E-state index contributed by atoms with van der Waals surface area (Å²) >= 11 is 1.43. The average molecular weight is 214 g/mol. The van der Waals surface area contributed by atoms with E-state index in [2.05, 4.69) is 10.1 Å². The lowest BCUT2D eigenvalue weighted by Gasteiger charge is -1.96. The van der Waals surface area contributed by atoms with Crippen LogP contribution < -0.4 is 11.5 Å². The molecule has 0 bridgehead atoms. The lowest BCUT2D eigenvalue weighted by molar-refractivity contribution is 0.145. The molecule has 0 radical (unpaired) electrons. The van der Waals surface area contributed by atoms with Crippen LogP contribution in [0.4, 0.5) is 0 Å². The second-order valence-electron chi connectivity index (χ2n) is 2.65. The van der Waals surface area contributed by atoms with Gasteiger partial charge < -0.3 is 16.3 Å². The Labute approximate surface area is 86.8 Å². The zero-order chi connectivity index (χ0) is 10.4. The van der Waals surface area contributed by atoms with Gasteiger partial charge in [-0.15, -0.1) is 11.3 Å². The second-order valence-corrected chi connectivity index (χ2v) is 3.76. The predicted molar refractivity (Wildman–Crippen MR) is 57.0 cm³/mol. The number of aromatic nitrogens is 1. The van der Waals surface area contributed by atoms with Crippen LogP contribution in [0.1, 0.15) is 23.2 Å². The number of hydrogen-bond acceptors (Lipinski definition) is 5. The van der Waals surface area contributed by atoms with Crippen molar-refractivity contribution in [2.45, 2.75) is 19.9 Å². The third kappa shape index (κ3) is 2.97. The summed E-state index contributed by atoms with van der Waals surface area (Å²) in [6.07, 6.45) is 2.60. The Morgan fingerprint density at radius 2 is 2.50 bits per heavy atom. The third-order valence-corrected chi connectivity index (χ3v) is 2.47. The SMILES string of the molecule is CCCO/N=C(\N)c1ncc(CN)s1. The Morgan fingerprint density at radius 1 is 1.71 bits per heavy atom. The van der Waals surface area contributed by atoms with Crippen LogP contribution >= 0.6 is 11.3 Å². The maximum atomic E-state index is 5.64. The van der Waals surface area contributed by atoms with Crippen LogP contribution in [0.15, 0.2) is 11.4 Å². The molecule has 0 aliphatic carbocycles. The van der Waals surface area contributed by atoms with Crippen LogP contribution in [-0.2, 0) is 11.4 Å². The molecule has 1 heterocycles. The number of amidine groups is 1. The van der Waals surface area contributed by atoms with Gasteiger partial charge in [0.1, 0.15) is 6.61 Å². The van der Waals surface area contributed by atoms with Gasteiger partial charge in [0, 0.05) is 17.6 Å². The fourth-order valence-electron chi connectivity index (χ4n) is 0.766. The molecule has 0 amide bonds. The maximum absolute atomic E-state index is 5.64. The first-order chi connectivity index (χ1) is 6.77. The van der Waals surface area contributed by atoms with Crippen molar-refractivity contribution < 1.29 is 4.84 Å². The van der Waals surface area contributed by atoms with Crippen LogP contribution in [0.2, 0.25) is 0 Å². The van der Waals surface area contributed by atoms with E-state index in [4.69, 9.17) is 16.3 Å². The van der Waals surface area contributed by atoms with E-state index in [1.54, 1.807) is 6.20 Å². The molecule has 0 aliphatic heterocycles.